The van der Waals surface area contributed by atoms with E-state index in [0.717, 1.165) is 15.7 Å². The van der Waals surface area contributed by atoms with Crippen molar-refractivity contribution < 1.29 is 5.11 Å². The summed E-state index contributed by atoms with van der Waals surface area (Å²) < 4.78 is 0.877. The summed E-state index contributed by atoms with van der Waals surface area (Å²) in [4.78, 5) is 4.41. The Morgan fingerprint density at radius 3 is 2.75 bits per heavy atom. The molecular weight excluding hydrogens is 433 g/mol. The monoisotopic (exact) mass is 441 g/mol. The molecule has 4 nitrogen and oxygen atoms in total. The highest BCUT2D eigenvalue weighted by molar-refractivity contribution is 9.10. The number of hydrogen-bond donors (Lipinski definition) is 1. The Morgan fingerprint density at radius 2 is 1.96 bits per heavy atom. The topological polar surface area (TPSA) is 57.8 Å². The first-order chi connectivity index (χ1) is 11.5. The molecule has 1 N–H and O–H groups in total. The fourth-order valence-corrected chi connectivity index (χ4v) is 3.32. The van der Waals surface area contributed by atoms with Gasteiger partial charge in [0.05, 0.1) is 22.3 Å². The number of thiazole rings is 1. The Hall–Kier alpha value is -1.47. The number of nitrogens with zero attached hydrogens (tertiary/aromatic N) is 3. The van der Waals surface area contributed by atoms with E-state index >= 15 is 0 Å². The van der Waals surface area contributed by atoms with Crippen molar-refractivity contribution in [2.75, 3.05) is 0 Å². The van der Waals surface area contributed by atoms with Crippen LogP contribution in [0, 0.1) is 0 Å². The van der Waals surface area contributed by atoms with Crippen LogP contribution in [0.1, 0.15) is 5.56 Å². The Balaban J connectivity index is 1.73. The lowest BCUT2D eigenvalue weighted by Gasteiger charge is -2.00. The molecule has 0 aliphatic rings. The van der Waals surface area contributed by atoms with E-state index in [1.54, 1.807) is 30.3 Å². The number of halogens is 3. The van der Waals surface area contributed by atoms with Gasteiger partial charge in [-0.15, -0.1) is 16.5 Å². The number of aromatic hydroxyl groups is 1. The van der Waals surface area contributed by atoms with Gasteiger partial charge in [-0.3, -0.25) is 0 Å². The molecule has 0 atom stereocenters. The molecule has 0 unspecified atom stereocenters. The Labute approximate surface area is 160 Å². The van der Waals surface area contributed by atoms with Gasteiger partial charge in [0, 0.05) is 21.0 Å². The van der Waals surface area contributed by atoms with Crippen LogP contribution in [-0.2, 0) is 6.54 Å². The van der Waals surface area contributed by atoms with E-state index in [-0.39, 0.29) is 12.3 Å². The van der Waals surface area contributed by atoms with Crippen molar-refractivity contribution in [3.8, 4) is 17.0 Å². The molecule has 0 radical (unpaired) electrons. The molecule has 0 spiro atoms. The van der Waals surface area contributed by atoms with Crippen LogP contribution in [0.15, 0.2) is 56.5 Å². The van der Waals surface area contributed by atoms with E-state index < -0.39 is 0 Å². The molecule has 3 rings (SSSR count). The van der Waals surface area contributed by atoms with Crippen LogP contribution in [-0.4, -0.2) is 10.1 Å². The van der Waals surface area contributed by atoms with Gasteiger partial charge in [-0.05, 0) is 30.3 Å². The van der Waals surface area contributed by atoms with Crippen molar-refractivity contribution in [1.82, 2.24) is 4.98 Å². The summed E-state index contributed by atoms with van der Waals surface area (Å²) in [5.41, 5.74) is 2.32. The molecule has 0 aliphatic carbocycles. The number of hydrogen-bond acceptors (Lipinski definition) is 5. The van der Waals surface area contributed by atoms with Gasteiger partial charge in [0.15, 0.2) is 0 Å². The van der Waals surface area contributed by atoms with Gasteiger partial charge in [0.1, 0.15) is 5.75 Å². The second-order valence-electron chi connectivity index (χ2n) is 4.82. The van der Waals surface area contributed by atoms with Crippen molar-refractivity contribution in [2.45, 2.75) is 6.54 Å². The summed E-state index contributed by atoms with van der Waals surface area (Å²) >= 11 is 16.7. The Morgan fingerprint density at radius 1 is 1.12 bits per heavy atom. The van der Waals surface area contributed by atoms with Crippen molar-refractivity contribution in [3.05, 3.63) is 61.9 Å². The highest BCUT2D eigenvalue weighted by atomic mass is 79.9. The van der Waals surface area contributed by atoms with Crippen molar-refractivity contribution >= 4 is 55.6 Å². The number of benzene rings is 2. The van der Waals surface area contributed by atoms with Crippen LogP contribution >= 0.6 is 50.5 Å². The lowest BCUT2D eigenvalue weighted by Crippen LogP contribution is -1.82. The molecule has 3 aromatic rings. The largest absolute Gasteiger partial charge is 0.508 e. The summed E-state index contributed by atoms with van der Waals surface area (Å²) in [5, 5.41) is 21.4. The fraction of sp³-hybridized carbons (Fsp3) is 0.0625. The molecule has 8 heteroatoms. The van der Waals surface area contributed by atoms with Crippen molar-refractivity contribution in [2.24, 2.45) is 10.2 Å². The quantitative estimate of drug-likeness (QED) is 0.448. The van der Waals surface area contributed by atoms with Crippen LogP contribution in [0.2, 0.25) is 10.0 Å². The molecule has 0 saturated heterocycles. The van der Waals surface area contributed by atoms with Crippen molar-refractivity contribution in [1.29, 1.82) is 0 Å². The SMILES string of the molecule is Oc1ccc(Br)cc1CN=Nc1nc(-c2ccc(Cl)c(Cl)c2)cs1. The summed E-state index contributed by atoms with van der Waals surface area (Å²) in [5.74, 6) is 0.188. The second-order valence-corrected chi connectivity index (χ2v) is 7.38. The van der Waals surface area contributed by atoms with Gasteiger partial charge in [-0.25, -0.2) is 4.98 Å². The predicted molar refractivity (Wildman–Crippen MR) is 102 cm³/mol. The van der Waals surface area contributed by atoms with Crippen LogP contribution in [0.25, 0.3) is 11.3 Å². The average molecular weight is 443 g/mol. The van der Waals surface area contributed by atoms with Crippen LogP contribution in [0.3, 0.4) is 0 Å². The Bertz CT molecular complexity index is 914. The maximum Gasteiger partial charge on any atom is 0.230 e. The minimum absolute atomic E-state index is 0.188. The van der Waals surface area contributed by atoms with Gasteiger partial charge in [0.2, 0.25) is 5.13 Å². The third-order valence-corrected chi connectivity index (χ3v) is 5.10. The normalized spacial score (nSPS) is 11.3. The highest BCUT2D eigenvalue weighted by Gasteiger charge is 2.07. The zero-order chi connectivity index (χ0) is 17.1. The molecule has 2 aromatic carbocycles. The first kappa shape index (κ1) is 17.4. The van der Waals surface area contributed by atoms with E-state index in [1.165, 1.54) is 11.3 Å². The Kier molecular flexibility index (Phi) is 5.50. The van der Waals surface area contributed by atoms with E-state index in [4.69, 9.17) is 23.2 Å². The minimum Gasteiger partial charge on any atom is -0.508 e. The van der Waals surface area contributed by atoms with Gasteiger partial charge in [-0.2, -0.15) is 5.11 Å². The molecule has 122 valence electrons. The summed E-state index contributed by atoms with van der Waals surface area (Å²) in [6.45, 7) is 0.271. The van der Waals surface area contributed by atoms with Gasteiger partial charge in [-0.1, -0.05) is 45.2 Å². The van der Waals surface area contributed by atoms with E-state index in [2.05, 4.69) is 31.1 Å². The first-order valence-corrected chi connectivity index (χ1v) is 9.21. The fourth-order valence-electron chi connectivity index (χ4n) is 1.95. The molecule has 0 fully saturated rings. The number of aromatic nitrogens is 1. The van der Waals surface area contributed by atoms with E-state index in [1.807, 2.05) is 11.4 Å². The van der Waals surface area contributed by atoms with E-state index in [0.29, 0.717) is 20.7 Å². The van der Waals surface area contributed by atoms with Gasteiger partial charge < -0.3 is 5.11 Å². The smallest absolute Gasteiger partial charge is 0.230 e. The zero-order valence-electron chi connectivity index (χ0n) is 12.1. The maximum atomic E-state index is 9.77. The third kappa shape index (κ3) is 4.13. The first-order valence-electron chi connectivity index (χ1n) is 6.79. The summed E-state index contributed by atoms with van der Waals surface area (Å²) in [6.07, 6.45) is 0. The van der Waals surface area contributed by atoms with Crippen molar-refractivity contribution in [3.63, 3.8) is 0 Å². The number of azo groups is 1. The molecular formula is C16H10BrCl2N3OS. The maximum absolute atomic E-state index is 9.77. The molecule has 0 saturated carbocycles. The molecule has 24 heavy (non-hydrogen) atoms. The number of phenolic OH excluding ortho intramolecular Hbond substituents is 1. The summed E-state index contributed by atoms with van der Waals surface area (Å²) in [7, 11) is 0. The lowest BCUT2D eigenvalue weighted by molar-refractivity contribution is 0.468. The van der Waals surface area contributed by atoms with Gasteiger partial charge >= 0.3 is 0 Å². The highest BCUT2D eigenvalue weighted by Crippen LogP contribution is 2.31. The number of rotatable bonds is 4. The second kappa shape index (κ2) is 7.61. The van der Waals surface area contributed by atoms with Crippen LogP contribution < -0.4 is 0 Å². The van der Waals surface area contributed by atoms with Crippen LogP contribution in [0.4, 0.5) is 5.13 Å². The lowest BCUT2D eigenvalue weighted by atomic mass is 10.2. The third-order valence-electron chi connectivity index (χ3n) is 3.15. The molecule has 1 heterocycles. The summed E-state index contributed by atoms with van der Waals surface area (Å²) in [6, 6.07) is 10.5. The predicted octanol–water partition coefficient (Wildman–Crippen LogP) is 6.87. The number of phenols is 1. The standard InChI is InChI=1S/C16H10BrCl2N3OS/c17-11-2-4-15(23)10(5-11)7-20-22-16-21-14(8-24-16)9-1-3-12(18)13(19)6-9/h1-6,8,23H,7H2. The van der Waals surface area contributed by atoms with Gasteiger partial charge in [0.25, 0.3) is 0 Å². The molecule has 1 aromatic heterocycles. The average Bonchev–Trinajstić information content (AvgIpc) is 3.02. The van der Waals surface area contributed by atoms with E-state index in [9.17, 15) is 5.11 Å². The molecule has 0 aliphatic heterocycles. The van der Waals surface area contributed by atoms with Crippen LogP contribution in [0.5, 0.6) is 5.75 Å². The molecule has 0 bridgehead atoms. The minimum atomic E-state index is 0.188. The molecule has 0 amide bonds. The zero-order valence-corrected chi connectivity index (χ0v) is 16.0.